The zero-order valence-corrected chi connectivity index (χ0v) is 22.1. The molecule has 0 amide bonds. The summed E-state index contributed by atoms with van der Waals surface area (Å²) >= 11 is 8.77. The molecule has 35 heavy (non-hydrogen) atoms. The van der Waals surface area contributed by atoms with Crippen LogP contribution in [0.25, 0.3) is 0 Å². The fourth-order valence-corrected chi connectivity index (χ4v) is 6.06. The highest BCUT2D eigenvalue weighted by Gasteiger charge is 2.25. The van der Waals surface area contributed by atoms with Crippen molar-refractivity contribution in [2.45, 2.75) is 10.5 Å². The Morgan fingerprint density at radius 3 is 1.26 bits per heavy atom. The summed E-state index contributed by atoms with van der Waals surface area (Å²) in [5.74, 6) is 0. The van der Waals surface area contributed by atoms with Gasteiger partial charge in [-0.15, -0.1) is 11.8 Å². The summed E-state index contributed by atoms with van der Waals surface area (Å²) in [4.78, 5) is 21.6. The molecule has 176 valence electrons. The molecule has 4 rings (SSSR count). The number of halogens is 2. The van der Waals surface area contributed by atoms with Crippen molar-refractivity contribution in [3.63, 3.8) is 0 Å². The molecule has 2 atom stereocenters. The fraction of sp³-hybridized carbons (Fsp3) is 0.0769. The van der Waals surface area contributed by atoms with Crippen LogP contribution in [0, 0.1) is 20.2 Å². The predicted octanol–water partition coefficient (Wildman–Crippen LogP) is 8.64. The Balaban J connectivity index is 1.81. The van der Waals surface area contributed by atoms with Crippen LogP contribution >= 0.6 is 43.6 Å². The van der Waals surface area contributed by atoms with Crippen LogP contribution in [0.5, 0.6) is 0 Å². The number of non-ortho nitro benzene ring substituents is 2. The van der Waals surface area contributed by atoms with Crippen LogP contribution in [0.3, 0.4) is 0 Å². The first-order chi connectivity index (χ1) is 16.8. The summed E-state index contributed by atoms with van der Waals surface area (Å²) < 4.78 is 1.86. The summed E-state index contributed by atoms with van der Waals surface area (Å²) in [5, 5.41) is 22.1. The van der Waals surface area contributed by atoms with Crippen molar-refractivity contribution < 1.29 is 9.85 Å². The predicted molar refractivity (Wildman–Crippen MR) is 146 cm³/mol. The summed E-state index contributed by atoms with van der Waals surface area (Å²) in [7, 11) is 0. The van der Waals surface area contributed by atoms with E-state index >= 15 is 0 Å². The first-order valence-electron chi connectivity index (χ1n) is 10.5. The molecule has 9 heteroatoms. The average molecular weight is 614 g/mol. The number of hydrogen-bond donors (Lipinski definition) is 0. The Labute approximate surface area is 222 Å². The highest BCUT2D eigenvalue weighted by Crippen LogP contribution is 2.48. The van der Waals surface area contributed by atoms with Crippen molar-refractivity contribution in [2.24, 2.45) is 0 Å². The van der Waals surface area contributed by atoms with Crippen LogP contribution in [0.1, 0.15) is 32.8 Å². The Morgan fingerprint density at radius 2 is 0.943 bits per heavy atom. The first-order valence-corrected chi connectivity index (χ1v) is 13.0. The molecule has 0 heterocycles. The van der Waals surface area contributed by atoms with Gasteiger partial charge in [0.25, 0.3) is 11.4 Å². The fourth-order valence-electron chi connectivity index (χ4n) is 3.72. The summed E-state index contributed by atoms with van der Waals surface area (Å²) in [6.07, 6.45) is 0. The van der Waals surface area contributed by atoms with Gasteiger partial charge in [-0.3, -0.25) is 20.2 Å². The molecule has 6 nitrogen and oxygen atoms in total. The molecule has 0 spiro atoms. The SMILES string of the molecule is O=[N+]([O-])c1ccc(C(SC(c2ccc([N+](=O)[O-])cc2)c2cccc(Br)c2)c2cccc(Br)c2)cc1. The monoisotopic (exact) mass is 612 g/mol. The number of hydrogen-bond acceptors (Lipinski definition) is 5. The molecule has 0 N–H and O–H groups in total. The third-order valence-electron chi connectivity index (χ3n) is 5.39. The van der Waals surface area contributed by atoms with Crippen molar-refractivity contribution in [3.05, 3.63) is 148 Å². The Kier molecular flexibility index (Phi) is 8.00. The van der Waals surface area contributed by atoms with Crippen LogP contribution in [0.4, 0.5) is 11.4 Å². The van der Waals surface area contributed by atoms with Crippen molar-refractivity contribution >= 4 is 55.0 Å². The topological polar surface area (TPSA) is 86.3 Å². The molecule has 4 aromatic rings. The summed E-state index contributed by atoms with van der Waals surface area (Å²) in [6.45, 7) is 0. The number of benzene rings is 4. The van der Waals surface area contributed by atoms with E-state index in [0.717, 1.165) is 31.2 Å². The molecule has 0 aliphatic carbocycles. The van der Waals surface area contributed by atoms with E-state index in [1.807, 2.05) is 48.5 Å². The number of rotatable bonds is 8. The van der Waals surface area contributed by atoms with Crippen molar-refractivity contribution in [1.82, 2.24) is 0 Å². The second-order valence-electron chi connectivity index (χ2n) is 7.70. The molecule has 4 aromatic carbocycles. The average Bonchev–Trinajstić information content (AvgIpc) is 2.85. The summed E-state index contributed by atoms with van der Waals surface area (Å²) in [6, 6.07) is 29.1. The lowest BCUT2D eigenvalue weighted by atomic mass is 10.0. The lowest BCUT2D eigenvalue weighted by molar-refractivity contribution is -0.385. The van der Waals surface area contributed by atoms with Crippen LogP contribution in [-0.2, 0) is 0 Å². The van der Waals surface area contributed by atoms with Crippen molar-refractivity contribution in [1.29, 1.82) is 0 Å². The third kappa shape index (κ3) is 6.17. The van der Waals surface area contributed by atoms with Crippen LogP contribution in [-0.4, -0.2) is 9.85 Å². The second kappa shape index (κ2) is 11.2. The lowest BCUT2D eigenvalue weighted by Gasteiger charge is -2.25. The highest BCUT2D eigenvalue weighted by atomic mass is 79.9. The molecular formula is C26H18Br2N2O4S. The minimum absolute atomic E-state index is 0.0330. The van der Waals surface area contributed by atoms with Crippen LogP contribution < -0.4 is 0 Å². The molecule has 0 radical (unpaired) electrons. The molecule has 0 saturated carbocycles. The van der Waals surface area contributed by atoms with Gasteiger partial charge < -0.3 is 0 Å². The Bertz CT molecular complexity index is 1260. The third-order valence-corrected chi connectivity index (χ3v) is 8.01. The zero-order valence-electron chi connectivity index (χ0n) is 18.1. The van der Waals surface area contributed by atoms with Gasteiger partial charge in [-0.25, -0.2) is 0 Å². The maximum atomic E-state index is 11.2. The maximum absolute atomic E-state index is 11.2. The van der Waals surface area contributed by atoms with Gasteiger partial charge in [0.05, 0.1) is 20.3 Å². The molecule has 0 saturated heterocycles. The number of nitrogens with zero attached hydrogens (tertiary/aromatic N) is 2. The van der Waals surface area contributed by atoms with E-state index in [-0.39, 0.29) is 21.9 Å². The molecule has 0 aliphatic heterocycles. The van der Waals surface area contributed by atoms with Gasteiger partial charge in [-0.2, -0.15) is 0 Å². The Hall–Kier alpha value is -3.01. The van der Waals surface area contributed by atoms with Gasteiger partial charge in [-0.05, 0) is 46.5 Å². The number of thioether (sulfide) groups is 1. The van der Waals surface area contributed by atoms with Crippen molar-refractivity contribution in [2.75, 3.05) is 0 Å². The number of nitro benzene ring substituents is 2. The van der Waals surface area contributed by atoms with E-state index in [4.69, 9.17) is 0 Å². The van der Waals surface area contributed by atoms with E-state index in [1.54, 1.807) is 36.0 Å². The molecule has 0 aliphatic rings. The van der Waals surface area contributed by atoms with E-state index < -0.39 is 9.85 Å². The van der Waals surface area contributed by atoms with Gasteiger partial charge in [0.1, 0.15) is 0 Å². The van der Waals surface area contributed by atoms with Crippen LogP contribution in [0.2, 0.25) is 0 Å². The molecule has 0 bridgehead atoms. The number of nitro groups is 2. The lowest BCUT2D eigenvalue weighted by Crippen LogP contribution is -2.04. The summed E-state index contributed by atoms with van der Waals surface area (Å²) in [5.41, 5.74) is 3.96. The van der Waals surface area contributed by atoms with E-state index in [1.165, 1.54) is 24.3 Å². The second-order valence-corrected chi connectivity index (χ2v) is 10.7. The molecule has 2 unspecified atom stereocenters. The quantitative estimate of drug-likeness (QED) is 0.147. The largest absolute Gasteiger partial charge is 0.269 e. The standard InChI is InChI=1S/C26H18Br2N2O4S/c27-21-5-1-3-19(15-21)25(17-7-11-23(12-8-17)29(31)32)35-26(20-4-2-6-22(28)16-20)18-9-13-24(14-10-18)30(33)34/h1-16,25-26H. The van der Waals surface area contributed by atoms with Gasteiger partial charge >= 0.3 is 0 Å². The Morgan fingerprint density at radius 1 is 0.571 bits per heavy atom. The molecule has 0 aromatic heterocycles. The van der Waals surface area contributed by atoms with Gasteiger partial charge in [0, 0.05) is 33.2 Å². The highest BCUT2D eigenvalue weighted by molar-refractivity contribution is 9.10. The normalized spacial score (nSPS) is 12.6. The minimum Gasteiger partial charge on any atom is -0.258 e. The minimum atomic E-state index is -0.411. The maximum Gasteiger partial charge on any atom is 0.269 e. The zero-order chi connectivity index (χ0) is 24.9. The van der Waals surface area contributed by atoms with Crippen LogP contribution in [0.15, 0.2) is 106 Å². The van der Waals surface area contributed by atoms with Gasteiger partial charge in [0.2, 0.25) is 0 Å². The molecule has 0 fully saturated rings. The smallest absolute Gasteiger partial charge is 0.258 e. The van der Waals surface area contributed by atoms with E-state index in [2.05, 4.69) is 31.9 Å². The van der Waals surface area contributed by atoms with E-state index in [9.17, 15) is 20.2 Å². The first kappa shape index (κ1) is 25.1. The van der Waals surface area contributed by atoms with Gasteiger partial charge in [-0.1, -0.05) is 80.4 Å². The van der Waals surface area contributed by atoms with E-state index in [0.29, 0.717) is 0 Å². The van der Waals surface area contributed by atoms with Crippen molar-refractivity contribution in [3.8, 4) is 0 Å². The van der Waals surface area contributed by atoms with Gasteiger partial charge in [0.15, 0.2) is 0 Å². The molecular weight excluding hydrogens is 596 g/mol.